The molecule has 1 aromatic rings. The van der Waals surface area contributed by atoms with E-state index in [2.05, 4.69) is 34.1 Å². The van der Waals surface area contributed by atoms with Crippen LogP contribution >= 0.6 is 0 Å². The SMILES string of the molecule is O=C(CN1CCOCC1)N1CCN(Cc2ccccc2)CC1. The summed E-state index contributed by atoms with van der Waals surface area (Å²) in [6.07, 6.45) is 0. The Morgan fingerprint density at radius 1 is 0.909 bits per heavy atom. The van der Waals surface area contributed by atoms with Crippen molar-refractivity contribution in [3.63, 3.8) is 0 Å². The van der Waals surface area contributed by atoms with Gasteiger partial charge in [-0.05, 0) is 5.56 Å². The van der Waals surface area contributed by atoms with Gasteiger partial charge < -0.3 is 9.64 Å². The van der Waals surface area contributed by atoms with E-state index in [0.717, 1.165) is 59.0 Å². The molecule has 0 bridgehead atoms. The summed E-state index contributed by atoms with van der Waals surface area (Å²) in [6, 6.07) is 10.5. The predicted octanol–water partition coefficient (Wildman–Crippen LogP) is 0.663. The predicted molar refractivity (Wildman–Crippen MR) is 85.6 cm³/mol. The first-order valence-electron chi connectivity index (χ1n) is 8.15. The molecule has 0 unspecified atom stereocenters. The molecule has 0 spiro atoms. The van der Waals surface area contributed by atoms with Crippen molar-refractivity contribution >= 4 is 5.91 Å². The molecule has 3 rings (SSSR count). The first kappa shape index (κ1) is 15.5. The molecule has 120 valence electrons. The number of piperazine rings is 1. The molecule has 1 amide bonds. The molecule has 2 aliphatic rings. The second kappa shape index (κ2) is 7.72. The molecular weight excluding hydrogens is 278 g/mol. The molecule has 1 aromatic carbocycles. The minimum absolute atomic E-state index is 0.265. The van der Waals surface area contributed by atoms with E-state index < -0.39 is 0 Å². The van der Waals surface area contributed by atoms with Crippen LogP contribution in [-0.2, 0) is 16.1 Å². The molecule has 0 aliphatic carbocycles. The first-order chi connectivity index (χ1) is 10.8. The number of morpholine rings is 1. The van der Waals surface area contributed by atoms with Crippen LogP contribution in [0.25, 0.3) is 0 Å². The third kappa shape index (κ3) is 4.29. The van der Waals surface area contributed by atoms with Crippen molar-refractivity contribution in [1.82, 2.24) is 14.7 Å². The summed E-state index contributed by atoms with van der Waals surface area (Å²) in [5.41, 5.74) is 1.34. The lowest BCUT2D eigenvalue weighted by Gasteiger charge is -2.36. The van der Waals surface area contributed by atoms with Crippen molar-refractivity contribution in [2.45, 2.75) is 6.54 Å². The molecule has 2 heterocycles. The van der Waals surface area contributed by atoms with Crippen LogP contribution in [0.5, 0.6) is 0 Å². The summed E-state index contributed by atoms with van der Waals surface area (Å²) >= 11 is 0. The molecule has 2 aliphatic heterocycles. The zero-order valence-electron chi connectivity index (χ0n) is 13.1. The summed E-state index contributed by atoms with van der Waals surface area (Å²) in [5.74, 6) is 0.265. The Bertz CT molecular complexity index is 466. The van der Waals surface area contributed by atoms with E-state index in [1.807, 2.05) is 11.0 Å². The fourth-order valence-electron chi connectivity index (χ4n) is 3.05. The number of amides is 1. The highest BCUT2D eigenvalue weighted by atomic mass is 16.5. The number of hydrogen-bond donors (Lipinski definition) is 0. The van der Waals surface area contributed by atoms with Crippen LogP contribution in [0.2, 0.25) is 0 Å². The van der Waals surface area contributed by atoms with Crippen molar-refractivity contribution in [1.29, 1.82) is 0 Å². The lowest BCUT2D eigenvalue weighted by atomic mass is 10.2. The number of hydrogen-bond acceptors (Lipinski definition) is 4. The van der Waals surface area contributed by atoms with Crippen molar-refractivity contribution in [2.24, 2.45) is 0 Å². The molecule has 2 fully saturated rings. The van der Waals surface area contributed by atoms with E-state index in [1.54, 1.807) is 0 Å². The number of rotatable bonds is 4. The van der Waals surface area contributed by atoms with E-state index in [9.17, 15) is 4.79 Å². The number of benzene rings is 1. The van der Waals surface area contributed by atoms with Gasteiger partial charge in [0.15, 0.2) is 0 Å². The fraction of sp³-hybridized carbons (Fsp3) is 0.588. The molecular formula is C17H25N3O2. The second-order valence-electron chi connectivity index (χ2n) is 6.03. The lowest BCUT2D eigenvalue weighted by Crippen LogP contribution is -2.51. The molecule has 2 saturated heterocycles. The molecule has 0 atom stereocenters. The van der Waals surface area contributed by atoms with E-state index in [1.165, 1.54) is 5.56 Å². The minimum atomic E-state index is 0.265. The highest BCUT2D eigenvalue weighted by Gasteiger charge is 2.23. The van der Waals surface area contributed by atoms with Gasteiger partial charge in [0.25, 0.3) is 0 Å². The monoisotopic (exact) mass is 303 g/mol. The minimum Gasteiger partial charge on any atom is -0.379 e. The smallest absolute Gasteiger partial charge is 0.236 e. The highest BCUT2D eigenvalue weighted by molar-refractivity contribution is 5.78. The van der Waals surface area contributed by atoms with E-state index in [-0.39, 0.29) is 5.91 Å². The Labute approximate surface area is 132 Å². The second-order valence-corrected chi connectivity index (χ2v) is 6.03. The lowest BCUT2D eigenvalue weighted by molar-refractivity contribution is -0.135. The topological polar surface area (TPSA) is 36.0 Å². The summed E-state index contributed by atoms with van der Waals surface area (Å²) in [7, 11) is 0. The molecule has 5 nitrogen and oxygen atoms in total. The average molecular weight is 303 g/mol. The van der Waals surface area contributed by atoms with Gasteiger partial charge in [0.1, 0.15) is 0 Å². The van der Waals surface area contributed by atoms with Gasteiger partial charge >= 0.3 is 0 Å². The van der Waals surface area contributed by atoms with E-state index >= 15 is 0 Å². The van der Waals surface area contributed by atoms with Crippen LogP contribution in [0.3, 0.4) is 0 Å². The quantitative estimate of drug-likeness (QED) is 0.819. The third-order valence-electron chi connectivity index (χ3n) is 4.44. The summed E-state index contributed by atoms with van der Waals surface area (Å²) in [5, 5.41) is 0. The maximum atomic E-state index is 12.4. The maximum Gasteiger partial charge on any atom is 0.236 e. The maximum absolute atomic E-state index is 12.4. The summed E-state index contributed by atoms with van der Waals surface area (Å²) in [6.45, 7) is 8.38. The third-order valence-corrected chi connectivity index (χ3v) is 4.44. The van der Waals surface area contributed by atoms with Crippen molar-refractivity contribution in [3.8, 4) is 0 Å². The van der Waals surface area contributed by atoms with Crippen LogP contribution in [0, 0.1) is 0 Å². The Morgan fingerprint density at radius 2 is 1.59 bits per heavy atom. The van der Waals surface area contributed by atoms with Crippen molar-refractivity contribution in [3.05, 3.63) is 35.9 Å². The van der Waals surface area contributed by atoms with Gasteiger partial charge in [-0.15, -0.1) is 0 Å². The first-order valence-corrected chi connectivity index (χ1v) is 8.15. The average Bonchev–Trinajstić information content (AvgIpc) is 2.57. The van der Waals surface area contributed by atoms with Gasteiger partial charge in [0, 0.05) is 45.8 Å². The fourth-order valence-corrected chi connectivity index (χ4v) is 3.05. The van der Waals surface area contributed by atoms with E-state index in [0.29, 0.717) is 6.54 Å². The van der Waals surface area contributed by atoms with Gasteiger partial charge in [-0.25, -0.2) is 0 Å². The van der Waals surface area contributed by atoms with Gasteiger partial charge in [-0.3, -0.25) is 14.6 Å². The van der Waals surface area contributed by atoms with Crippen LogP contribution < -0.4 is 0 Å². The van der Waals surface area contributed by atoms with Crippen LogP contribution in [-0.4, -0.2) is 79.6 Å². The van der Waals surface area contributed by atoms with Gasteiger partial charge in [0.2, 0.25) is 5.91 Å². The van der Waals surface area contributed by atoms with Crippen LogP contribution in [0.1, 0.15) is 5.56 Å². The molecule has 0 radical (unpaired) electrons. The number of ether oxygens (including phenoxy) is 1. The molecule has 5 heteroatoms. The molecule has 0 aromatic heterocycles. The zero-order chi connectivity index (χ0) is 15.2. The molecule has 22 heavy (non-hydrogen) atoms. The summed E-state index contributed by atoms with van der Waals surface area (Å²) in [4.78, 5) is 19.0. The van der Waals surface area contributed by atoms with Crippen LogP contribution in [0.4, 0.5) is 0 Å². The highest BCUT2D eigenvalue weighted by Crippen LogP contribution is 2.09. The van der Waals surface area contributed by atoms with Crippen molar-refractivity contribution in [2.75, 3.05) is 59.0 Å². The summed E-state index contributed by atoms with van der Waals surface area (Å²) < 4.78 is 5.32. The number of carbonyl (C=O) groups excluding carboxylic acids is 1. The van der Waals surface area contributed by atoms with Crippen molar-refractivity contribution < 1.29 is 9.53 Å². The number of nitrogens with zero attached hydrogens (tertiary/aromatic N) is 3. The van der Waals surface area contributed by atoms with Gasteiger partial charge in [-0.2, -0.15) is 0 Å². The Balaban J connectivity index is 1.42. The Kier molecular flexibility index (Phi) is 5.43. The normalized spacial score (nSPS) is 21.0. The van der Waals surface area contributed by atoms with Gasteiger partial charge in [0.05, 0.1) is 19.8 Å². The molecule has 0 saturated carbocycles. The van der Waals surface area contributed by atoms with E-state index in [4.69, 9.17) is 4.74 Å². The molecule has 0 N–H and O–H groups in total. The number of carbonyl (C=O) groups is 1. The largest absolute Gasteiger partial charge is 0.379 e. The standard InChI is InChI=1S/C17H25N3O2/c21-17(15-19-10-12-22-13-11-19)20-8-6-18(7-9-20)14-16-4-2-1-3-5-16/h1-5H,6-15H2. The Hall–Kier alpha value is -1.43. The zero-order valence-corrected chi connectivity index (χ0v) is 13.1. The van der Waals surface area contributed by atoms with Crippen LogP contribution in [0.15, 0.2) is 30.3 Å². The van der Waals surface area contributed by atoms with Gasteiger partial charge in [-0.1, -0.05) is 30.3 Å². The Morgan fingerprint density at radius 3 is 2.27 bits per heavy atom.